The number of aromatic nitrogens is 4. The predicted octanol–water partition coefficient (Wildman–Crippen LogP) is 0.933. The maximum absolute atomic E-state index is 5.65. The number of hydrogen-bond donors (Lipinski definition) is 2. The van der Waals surface area contributed by atoms with E-state index in [4.69, 9.17) is 5.84 Å². The fourth-order valence-corrected chi connectivity index (χ4v) is 2.57. The Hall–Kier alpha value is -1.83. The van der Waals surface area contributed by atoms with Crippen molar-refractivity contribution in [3.63, 3.8) is 0 Å². The lowest BCUT2D eigenvalue weighted by Crippen LogP contribution is -2.29. The summed E-state index contributed by atoms with van der Waals surface area (Å²) in [4.78, 5) is 9.37. The Bertz CT molecular complexity index is 632. The van der Waals surface area contributed by atoms with Gasteiger partial charge in [-0.05, 0) is 0 Å². The van der Waals surface area contributed by atoms with E-state index in [2.05, 4.69) is 20.5 Å². The molecule has 18 heavy (non-hydrogen) atoms. The minimum absolute atomic E-state index is 0.00662. The van der Waals surface area contributed by atoms with Crippen LogP contribution in [0.3, 0.4) is 0 Å². The SMILES string of the molecule is NNC(Cc1cncs1)c1cnn2ccncc12. The standard InChI is InChI=1S/C11H12N6S/c12-16-10(3-8-4-14-7-18-8)9-5-15-17-2-1-13-6-11(9)17/h1-2,4-7,10,16H,3,12H2. The number of fused-ring (bicyclic) bond motifs is 1. The van der Waals surface area contributed by atoms with E-state index in [9.17, 15) is 0 Å². The molecule has 0 amide bonds. The molecule has 3 aromatic heterocycles. The summed E-state index contributed by atoms with van der Waals surface area (Å²) in [6.07, 6.45) is 9.79. The number of nitrogens with two attached hydrogens (primary N) is 1. The molecular formula is C11H12N6S. The zero-order valence-electron chi connectivity index (χ0n) is 9.52. The summed E-state index contributed by atoms with van der Waals surface area (Å²) in [6.45, 7) is 0. The van der Waals surface area contributed by atoms with E-state index < -0.39 is 0 Å². The molecule has 7 heteroatoms. The van der Waals surface area contributed by atoms with Crippen molar-refractivity contribution < 1.29 is 0 Å². The summed E-state index contributed by atoms with van der Waals surface area (Å²) >= 11 is 1.62. The van der Waals surface area contributed by atoms with Gasteiger partial charge >= 0.3 is 0 Å². The third-order valence-electron chi connectivity index (χ3n) is 2.82. The zero-order valence-corrected chi connectivity index (χ0v) is 10.3. The van der Waals surface area contributed by atoms with Crippen molar-refractivity contribution in [3.8, 4) is 0 Å². The number of thiazole rings is 1. The van der Waals surface area contributed by atoms with Crippen molar-refractivity contribution >= 4 is 16.9 Å². The van der Waals surface area contributed by atoms with Gasteiger partial charge in [0.25, 0.3) is 0 Å². The Labute approximate surface area is 107 Å². The van der Waals surface area contributed by atoms with Crippen molar-refractivity contribution in [3.05, 3.63) is 46.9 Å². The van der Waals surface area contributed by atoms with Crippen LogP contribution >= 0.6 is 11.3 Å². The fourth-order valence-electron chi connectivity index (χ4n) is 1.92. The third-order valence-corrected chi connectivity index (χ3v) is 3.62. The molecule has 0 radical (unpaired) electrons. The van der Waals surface area contributed by atoms with E-state index in [1.54, 1.807) is 28.2 Å². The van der Waals surface area contributed by atoms with Gasteiger partial charge in [-0.2, -0.15) is 5.10 Å². The van der Waals surface area contributed by atoms with Crippen LogP contribution in [0.1, 0.15) is 16.5 Å². The van der Waals surface area contributed by atoms with Gasteiger partial charge in [-0.1, -0.05) is 0 Å². The molecule has 3 aromatic rings. The molecule has 0 aliphatic rings. The Morgan fingerprint density at radius 3 is 3.06 bits per heavy atom. The summed E-state index contributed by atoms with van der Waals surface area (Å²) in [5, 5.41) is 4.29. The van der Waals surface area contributed by atoms with Crippen molar-refractivity contribution in [2.75, 3.05) is 0 Å². The van der Waals surface area contributed by atoms with Crippen LogP contribution in [0, 0.1) is 0 Å². The van der Waals surface area contributed by atoms with E-state index >= 15 is 0 Å². The lowest BCUT2D eigenvalue weighted by molar-refractivity contribution is 0.558. The molecule has 3 heterocycles. The van der Waals surface area contributed by atoms with Crippen molar-refractivity contribution in [1.29, 1.82) is 0 Å². The highest BCUT2D eigenvalue weighted by atomic mass is 32.1. The molecule has 0 bridgehead atoms. The topological polar surface area (TPSA) is 81.1 Å². The van der Waals surface area contributed by atoms with Crippen LogP contribution in [-0.4, -0.2) is 19.6 Å². The van der Waals surface area contributed by atoms with Gasteiger partial charge in [0.1, 0.15) is 0 Å². The quantitative estimate of drug-likeness (QED) is 0.539. The first-order chi connectivity index (χ1) is 8.88. The normalized spacial score (nSPS) is 12.9. The van der Waals surface area contributed by atoms with Gasteiger partial charge in [0.15, 0.2) is 0 Å². The predicted molar refractivity (Wildman–Crippen MR) is 68.9 cm³/mol. The maximum Gasteiger partial charge on any atom is 0.0893 e. The first-order valence-corrected chi connectivity index (χ1v) is 6.37. The molecule has 1 unspecified atom stereocenters. The largest absolute Gasteiger partial charge is 0.271 e. The Kier molecular flexibility index (Phi) is 3.01. The monoisotopic (exact) mass is 260 g/mol. The molecular weight excluding hydrogens is 248 g/mol. The second-order valence-corrected chi connectivity index (χ2v) is 4.87. The first kappa shape index (κ1) is 11.3. The van der Waals surface area contributed by atoms with Crippen LogP contribution in [0.4, 0.5) is 0 Å². The van der Waals surface area contributed by atoms with Gasteiger partial charge in [-0.15, -0.1) is 11.3 Å². The molecule has 0 spiro atoms. The second-order valence-electron chi connectivity index (χ2n) is 3.90. The van der Waals surface area contributed by atoms with E-state index in [1.165, 1.54) is 4.88 Å². The zero-order chi connectivity index (χ0) is 12.4. The highest BCUT2D eigenvalue weighted by Crippen LogP contribution is 2.22. The smallest absolute Gasteiger partial charge is 0.0893 e. The molecule has 0 fully saturated rings. The van der Waals surface area contributed by atoms with Crippen LogP contribution in [-0.2, 0) is 6.42 Å². The third kappa shape index (κ3) is 1.99. The van der Waals surface area contributed by atoms with Crippen molar-refractivity contribution in [2.45, 2.75) is 12.5 Å². The summed E-state index contributed by atoms with van der Waals surface area (Å²) < 4.78 is 1.79. The van der Waals surface area contributed by atoms with Crippen LogP contribution < -0.4 is 11.3 Å². The van der Waals surface area contributed by atoms with E-state index in [0.717, 1.165) is 17.5 Å². The van der Waals surface area contributed by atoms with Crippen molar-refractivity contribution in [1.82, 2.24) is 25.0 Å². The lowest BCUT2D eigenvalue weighted by atomic mass is 10.1. The summed E-state index contributed by atoms with van der Waals surface area (Å²) in [7, 11) is 0. The van der Waals surface area contributed by atoms with Gasteiger partial charge in [0.05, 0.1) is 29.5 Å². The van der Waals surface area contributed by atoms with Crippen LogP contribution in [0.25, 0.3) is 5.52 Å². The molecule has 0 aliphatic heterocycles. The van der Waals surface area contributed by atoms with Gasteiger partial charge < -0.3 is 0 Å². The van der Waals surface area contributed by atoms with E-state index in [-0.39, 0.29) is 6.04 Å². The minimum Gasteiger partial charge on any atom is -0.271 e. The molecule has 0 saturated heterocycles. The molecule has 92 valence electrons. The lowest BCUT2D eigenvalue weighted by Gasteiger charge is -2.13. The van der Waals surface area contributed by atoms with Crippen LogP contribution in [0.2, 0.25) is 0 Å². The average Bonchev–Trinajstić information content (AvgIpc) is 3.05. The average molecular weight is 260 g/mol. The number of rotatable bonds is 4. The van der Waals surface area contributed by atoms with Gasteiger partial charge in [0, 0.05) is 35.5 Å². The van der Waals surface area contributed by atoms with E-state index in [0.29, 0.717) is 0 Å². The van der Waals surface area contributed by atoms with Crippen molar-refractivity contribution in [2.24, 2.45) is 5.84 Å². The molecule has 0 saturated carbocycles. The Morgan fingerprint density at radius 2 is 2.28 bits per heavy atom. The fraction of sp³-hybridized carbons (Fsp3) is 0.182. The number of nitrogens with zero attached hydrogens (tertiary/aromatic N) is 4. The number of hydrogen-bond acceptors (Lipinski definition) is 6. The molecule has 3 rings (SSSR count). The molecule has 3 N–H and O–H groups in total. The molecule has 0 aromatic carbocycles. The molecule has 1 atom stereocenters. The molecule has 6 nitrogen and oxygen atoms in total. The minimum atomic E-state index is 0.00662. The van der Waals surface area contributed by atoms with Gasteiger partial charge in [-0.25, -0.2) is 4.52 Å². The number of hydrazine groups is 1. The van der Waals surface area contributed by atoms with Gasteiger partial charge in [0.2, 0.25) is 0 Å². The Balaban J connectivity index is 1.96. The Morgan fingerprint density at radius 1 is 1.33 bits per heavy atom. The number of nitrogens with one attached hydrogen (secondary N) is 1. The van der Waals surface area contributed by atoms with Gasteiger partial charge in [-0.3, -0.25) is 21.2 Å². The highest BCUT2D eigenvalue weighted by Gasteiger charge is 2.16. The first-order valence-electron chi connectivity index (χ1n) is 5.49. The van der Waals surface area contributed by atoms with Crippen LogP contribution in [0.5, 0.6) is 0 Å². The van der Waals surface area contributed by atoms with Crippen LogP contribution in [0.15, 0.2) is 36.5 Å². The maximum atomic E-state index is 5.65. The van der Waals surface area contributed by atoms with E-state index in [1.807, 2.05) is 24.1 Å². The molecule has 0 aliphatic carbocycles. The summed E-state index contributed by atoms with van der Waals surface area (Å²) in [5.74, 6) is 5.65. The highest BCUT2D eigenvalue weighted by molar-refractivity contribution is 7.09. The second kappa shape index (κ2) is 4.81. The summed E-state index contributed by atoms with van der Waals surface area (Å²) in [5.41, 5.74) is 6.66. The summed E-state index contributed by atoms with van der Waals surface area (Å²) in [6, 6.07) is 0.00662.